The number of likely N-dealkylation sites (tertiary alicyclic amines) is 1. The summed E-state index contributed by atoms with van der Waals surface area (Å²) in [5.41, 5.74) is 6.53. The van der Waals surface area contributed by atoms with E-state index in [-0.39, 0.29) is 0 Å². The van der Waals surface area contributed by atoms with Crippen LogP contribution in [0.3, 0.4) is 0 Å². The van der Waals surface area contributed by atoms with E-state index in [9.17, 15) is 0 Å². The number of nitrogens with two attached hydrogens (primary N) is 1. The summed E-state index contributed by atoms with van der Waals surface area (Å²) in [5, 5.41) is 0. The summed E-state index contributed by atoms with van der Waals surface area (Å²) in [5.74, 6) is 1.79. The second kappa shape index (κ2) is 5.71. The summed E-state index contributed by atoms with van der Waals surface area (Å²) in [4.78, 5) is 2.72. The maximum atomic E-state index is 6.17. The fraction of sp³-hybridized carbons (Fsp3) is 1.00. The van der Waals surface area contributed by atoms with Crippen molar-refractivity contribution < 1.29 is 0 Å². The van der Waals surface area contributed by atoms with E-state index in [1.807, 2.05) is 0 Å². The Morgan fingerprint density at radius 2 is 1.82 bits per heavy atom. The molecule has 2 rings (SSSR count). The van der Waals surface area contributed by atoms with Gasteiger partial charge in [-0.15, -0.1) is 0 Å². The standard InChI is InChI=1S/C15H30N2/c1-13(2)14-6-5-8-15(12-16,9-7-14)17-10-3-4-11-17/h13-14H,3-12,16H2,1-2H3. The highest BCUT2D eigenvalue weighted by Gasteiger charge is 2.38. The van der Waals surface area contributed by atoms with E-state index in [0.29, 0.717) is 5.54 Å². The maximum Gasteiger partial charge on any atom is 0.0331 e. The topological polar surface area (TPSA) is 29.3 Å². The van der Waals surface area contributed by atoms with Crippen molar-refractivity contribution in [2.75, 3.05) is 19.6 Å². The fourth-order valence-electron chi connectivity index (χ4n) is 3.92. The van der Waals surface area contributed by atoms with Gasteiger partial charge in [0.1, 0.15) is 0 Å². The number of hydrogen-bond donors (Lipinski definition) is 1. The van der Waals surface area contributed by atoms with E-state index in [1.54, 1.807) is 0 Å². The molecule has 1 aliphatic carbocycles. The zero-order valence-corrected chi connectivity index (χ0v) is 11.8. The van der Waals surface area contributed by atoms with Crippen molar-refractivity contribution >= 4 is 0 Å². The molecule has 1 heterocycles. The molecule has 2 aliphatic rings. The van der Waals surface area contributed by atoms with E-state index in [1.165, 1.54) is 58.0 Å². The van der Waals surface area contributed by atoms with Crippen molar-refractivity contribution in [3.63, 3.8) is 0 Å². The van der Waals surface area contributed by atoms with E-state index >= 15 is 0 Å². The van der Waals surface area contributed by atoms with Gasteiger partial charge in [0.25, 0.3) is 0 Å². The minimum Gasteiger partial charge on any atom is -0.329 e. The van der Waals surface area contributed by atoms with E-state index in [2.05, 4.69) is 18.7 Å². The molecule has 100 valence electrons. The second-order valence-electron chi connectivity index (χ2n) is 6.56. The molecule has 0 bridgehead atoms. The molecule has 1 aliphatic heterocycles. The van der Waals surface area contributed by atoms with Crippen molar-refractivity contribution in [1.82, 2.24) is 4.90 Å². The van der Waals surface area contributed by atoms with E-state index in [4.69, 9.17) is 5.73 Å². The van der Waals surface area contributed by atoms with E-state index in [0.717, 1.165) is 18.4 Å². The Balaban J connectivity index is 2.02. The number of hydrogen-bond acceptors (Lipinski definition) is 2. The summed E-state index contributed by atoms with van der Waals surface area (Å²) >= 11 is 0. The summed E-state index contributed by atoms with van der Waals surface area (Å²) in [6.45, 7) is 8.23. The van der Waals surface area contributed by atoms with Crippen molar-refractivity contribution in [2.45, 2.75) is 64.3 Å². The molecule has 2 heteroatoms. The Morgan fingerprint density at radius 3 is 2.41 bits per heavy atom. The van der Waals surface area contributed by atoms with E-state index < -0.39 is 0 Å². The first-order valence-electron chi connectivity index (χ1n) is 7.63. The van der Waals surface area contributed by atoms with Crippen LogP contribution >= 0.6 is 0 Å². The van der Waals surface area contributed by atoms with Gasteiger partial charge >= 0.3 is 0 Å². The molecule has 0 aromatic rings. The lowest BCUT2D eigenvalue weighted by Gasteiger charge is -2.41. The molecule has 2 N–H and O–H groups in total. The molecule has 0 radical (unpaired) electrons. The molecule has 0 amide bonds. The van der Waals surface area contributed by atoms with Gasteiger partial charge < -0.3 is 5.73 Å². The molecule has 1 saturated carbocycles. The Morgan fingerprint density at radius 1 is 1.12 bits per heavy atom. The number of nitrogens with zero attached hydrogens (tertiary/aromatic N) is 1. The maximum absolute atomic E-state index is 6.17. The minimum atomic E-state index is 0.361. The van der Waals surface area contributed by atoms with Gasteiger partial charge in [-0.1, -0.05) is 26.7 Å². The van der Waals surface area contributed by atoms with Gasteiger partial charge in [0.15, 0.2) is 0 Å². The van der Waals surface area contributed by atoms with Crippen LogP contribution in [0.15, 0.2) is 0 Å². The third-order valence-corrected chi connectivity index (χ3v) is 5.30. The minimum absolute atomic E-state index is 0.361. The highest BCUT2D eigenvalue weighted by Crippen LogP contribution is 2.38. The van der Waals surface area contributed by atoms with Crippen LogP contribution < -0.4 is 5.73 Å². The Bertz CT molecular complexity index is 233. The first-order valence-corrected chi connectivity index (χ1v) is 7.63. The Labute approximate surface area is 107 Å². The molecule has 17 heavy (non-hydrogen) atoms. The third kappa shape index (κ3) is 2.85. The fourth-order valence-corrected chi connectivity index (χ4v) is 3.92. The zero-order chi connectivity index (χ0) is 12.3. The van der Waals surface area contributed by atoms with Crippen LogP contribution in [0.5, 0.6) is 0 Å². The Hall–Kier alpha value is -0.0800. The van der Waals surface area contributed by atoms with Crippen molar-refractivity contribution in [3.8, 4) is 0 Å². The molecule has 0 spiro atoms. The molecule has 0 aromatic carbocycles. The van der Waals surface area contributed by atoms with Gasteiger partial charge in [-0.3, -0.25) is 4.90 Å². The molecule has 0 aromatic heterocycles. The average molecular weight is 238 g/mol. The van der Waals surface area contributed by atoms with Gasteiger partial charge in [-0.05, 0) is 57.0 Å². The highest BCUT2D eigenvalue weighted by molar-refractivity contribution is 4.96. The van der Waals surface area contributed by atoms with Crippen molar-refractivity contribution in [3.05, 3.63) is 0 Å². The molecular formula is C15H30N2. The van der Waals surface area contributed by atoms with Gasteiger partial charge in [-0.2, -0.15) is 0 Å². The van der Waals surface area contributed by atoms with Gasteiger partial charge in [-0.25, -0.2) is 0 Å². The Kier molecular flexibility index (Phi) is 4.48. The molecule has 2 unspecified atom stereocenters. The highest BCUT2D eigenvalue weighted by atomic mass is 15.2. The van der Waals surface area contributed by atoms with Crippen LogP contribution in [0, 0.1) is 11.8 Å². The van der Waals surface area contributed by atoms with Crippen LogP contribution in [-0.2, 0) is 0 Å². The smallest absolute Gasteiger partial charge is 0.0331 e. The summed E-state index contributed by atoms with van der Waals surface area (Å²) in [6.07, 6.45) is 9.65. The normalized spacial score (nSPS) is 36.4. The third-order valence-electron chi connectivity index (χ3n) is 5.30. The second-order valence-corrected chi connectivity index (χ2v) is 6.56. The molecule has 2 nitrogen and oxygen atoms in total. The van der Waals surface area contributed by atoms with Crippen molar-refractivity contribution in [1.29, 1.82) is 0 Å². The molecule has 1 saturated heterocycles. The summed E-state index contributed by atoms with van der Waals surface area (Å²) < 4.78 is 0. The van der Waals surface area contributed by atoms with Crippen LogP contribution in [0.4, 0.5) is 0 Å². The average Bonchev–Trinajstić information content (AvgIpc) is 2.76. The van der Waals surface area contributed by atoms with Crippen LogP contribution in [0.1, 0.15) is 58.8 Å². The van der Waals surface area contributed by atoms with Crippen LogP contribution in [0.2, 0.25) is 0 Å². The molecular weight excluding hydrogens is 208 g/mol. The first kappa shape index (κ1) is 13.4. The quantitative estimate of drug-likeness (QED) is 0.766. The van der Waals surface area contributed by atoms with Crippen LogP contribution in [0.25, 0.3) is 0 Å². The lowest BCUT2D eigenvalue weighted by Crippen LogP contribution is -2.52. The predicted molar refractivity (Wildman–Crippen MR) is 74.0 cm³/mol. The first-order chi connectivity index (χ1) is 8.18. The number of rotatable bonds is 3. The van der Waals surface area contributed by atoms with Gasteiger partial charge in [0.2, 0.25) is 0 Å². The van der Waals surface area contributed by atoms with Gasteiger partial charge in [0, 0.05) is 12.1 Å². The summed E-state index contributed by atoms with van der Waals surface area (Å²) in [7, 11) is 0. The van der Waals surface area contributed by atoms with Gasteiger partial charge in [0.05, 0.1) is 0 Å². The largest absolute Gasteiger partial charge is 0.329 e. The SMILES string of the molecule is CC(C)C1CCCC(CN)(N2CCCC2)CC1. The lowest BCUT2D eigenvalue weighted by molar-refractivity contribution is 0.103. The van der Waals surface area contributed by atoms with Crippen molar-refractivity contribution in [2.24, 2.45) is 17.6 Å². The predicted octanol–water partition coefficient (Wildman–Crippen LogP) is 3.02. The lowest BCUT2D eigenvalue weighted by atomic mass is 9.85. The molecule has 2 atom stereocenters. The summed E-state index contributed by atoms with van der Waals surface area (Å²) in [6, 6.07) is 0. The molecule has 2 fully saturated rings. The van der Waals surface area contributed by atoms with Crippen LogP contribution in [-0.4, -0.2) is 30.1 Å². The zero-order valence-electron chi connectivity index (χ0n) is 11.8. The monoisotopic (exact) mass is 238 g/mol.